The summed E-state index contributed by atoms with van der Waals surface area (Å²) in [4.78, 5) is 12.1. The van der Waals surface area contributed by atoms with Crippen molar-refractivity contribution in [2.24, 2.45) is 0 Å². The van der Waals surface area contributed by atoms with Crippen molar-refractivity contribution in [3.8, 4) is 0 Å². The fourth-order valence-corrected chi connectivity index (χ4v) is 3.31. The van der Waals surface area contributed by atoms with Crippen LogP contribution in [0.25, 0.3) is 0 Å². The molecule has 2 N–H and O–H groups in total. The van der Waals surface area contributed by atoms with Crippen LogP contribution in [0.3, 0.4) is 0 Å². The second-order valence-electron chi connectivity index (χ2n) is 5.58. The van der Waals surface area contributed by atoms with E-state index < -0.39 is 10.0 Å². The highest BCUT2D eigenvalue weighted by atomic mass is 35.5. The van der Waals surface area contributed by atoms with E-state index in [2.05, 4.69) is 10.0 Å². The van der Waals surface area contributed by atoms with Gasteiger partial charge < -0.3 is 10.1 Å². The van der Waals surface area contributed by atoms with Gasteiger partial charge in [-0.2, -0.15) is 0 Å². The Balaban J connectivity index is 1.95. The van der Waals surface area contributed by atoms with Gasteiger partial charge in [0.1, 0.15) is 0 Å². The minimum Gasteiger partial charge on any atom is -0.385 e. The molecule has 0 atom stereocenters. The first-order valence-corrected chi connectivity index (χ1v) is 9.90. The highest BCUT2D eigenvalue weighted by Crippen LogP contribution is 2.13. The zero-order valence-corrected chi connectivity index (χ0v) is 15.9. The normalized spacial score (nSPS) is 11.3. The van der Waals surface area contributed by atoms with Gasteiger partial charge in [0.25, 0.3) is 5.91 Å². The van der Waals surface area contributed by atoms with Crippen LogP contribution in [0.1, 0.15) is 22.3 Å². The van der Waals surface area contributed by atoms with Crippen molar-refractivity contribution in [2.75, 3.05) is 20.3 Å². The van der Waals surface area contributed by atoms with Crippen molar-refractivity contribution in [3.05, 3.63) is 64.7 Å². The second kappa shape index (κ2) is 9.68. The van der Waals surface area contributed by atoms with Crippen LogP contribution < -0.4 is 10.0 Å². The molecule has 6 nitrogen and oxygen atoms in total. The Morgan fingerprint density at radius 2 is 1.73 bits per heavy atom. The molecule has 2 rings (SSSR count). The summed E-state index contributed by atoms with van der Waals surface area (Å²) in [5, 5.41) is 3.34. The van der Waals surface area contributed by atoms with Crippen molar-refractivity contribution in [2.45, 2.75) is 17.9 Å². The Morgan fingerprint density at radius 1 is 1.08 bits per heavy atom. The smallest absolute Gasteiger partial charge is 0.251 e. The van der Waals surface area contributed by atoms with Crippen LogP contribution in [0.5, 0.6) is 0 Å². The number of benzene rings is 2. The molecule has 0 saturated heterocycles. The van der Waals surface area contributed by atoms with E-state index in [1.807, 2.05) is 0 Å². The first-order chi connectivity index (χ1) is 12.4. The standard InChI is InChI=1S/C18H21ClN2O4S/c1-25-12-2-11-20-18(22)15-5-9-17(10-6-15)26(23,24)21-13-14-3-7-16(19)8-4-14/h3-10,21H,2,11-13H2,1H3,(H,20,22). The fraction of sp³-hybridized carbons (Fsp3) is 0.278. The molecule has 1 amide bonds. The van der Waals surface area contributed by atoms with Gasteiger partial charge >= 0.3 is 0 Å². The number of ether oxygens (including phenoxy) is 1. The lowest BCUT2D eigenvalue weighted by Gasteiger charge is -2.08. The molecule has 0 aliphatic rings. The topological polar surface area (TPSA) is 84.5 Å². The number of carbonyl (C=O) groups is 1. The molecule has 0 aromatic heterocycles. The largest absolute Gasteiger partial charge is 0.385 e. The Kier molecular flexibility index (Phi) is 7.59. The van der Waals surface area contributed by atoms with Gasteiger partial charge in [-0.3, -0.25) is 4.79 Å². The van der Waals surface area contributed by atoms with E-state index in [0.29, 0.717) is 30.2 Å². The molecular formula is C18H21ClN2O4S. The molecule has 0 fully saturated rings. The molecule has 0 aliphatic heterocycles. The number of hydrogen-bond donors (Lipinski definition) is 2. The predicted molar refractivity (Wildman–Crippen MR) is 101 cm³/mol. The maximum atomic E-state index is 12.3. The summed E-state index contributed by atoms with van der Waals surface area (Å²) < 4.78 is 32.1. The molecule has 26 heavy (non-hydrogen) atoms. The lowest BCUT2D eigenvalue weighted by atomic mass is 10.2. The van der Waals surface area contributed by atoms with Gasteiger partial charge in [0.05, 0.1) is 4.90 Å². The molecule has 8 heteroatoms. The van der Waals surface area contributed by atoms with E-state index in [-0.39, 0.29) is 17.3 Å². The van der Waals surface area contributed by atoms with E-state index in [0.717, 1.165) is 5.56 Å². The van der Waals surface area contributed by atoms with Crippen LogP contribution in [0.4, 0.5) is 0 Å². The van der Waals surface area contributed by atoms with Gasteiger partial charge in [0.2, 0.25) is 10.0 Å². The molecular weight excluding hydrogens is 376 g/mol. The molecule has 0 heterocycles. The zero-order chi connectivity index (χ0) is 19.0. The summed E-state index contributed by atoms with van der Waals surface area (Å²) in [6.07, 6.45) is 0.712. The lowest BCUT2D eigenvalue weighted by molar-refractivity contribution is 0.0948. The number of nitrogens with one attached hydrogen (secondary N) is 2. The Labute approximate surface area is 158 Å². The average Bonchev–Trinajstić information content (AvgIpc) is 2.65. The molecule has 2 aromatic rings. The van der Waals surface area contributed by atoms with Crippen LogP contribution >= 0.6 is 11.6 Å². The quantitative estimate of drug-likeness (QED) is 0.638. The van der Waals surface area contributed by atoms with Gasteiger partial charge in [0.15, 0.2) is 0 Å². The zero-order valence-electron chi connectivity index (χ0n) is 14.4. The number of methoxy groups -OCH3 is 1. The van der Waals surface area contributed by atoms with Crippen molar-refractivity contribution >= 4 is 27.5 Å². The highest BCUT2D eigenvalue weighted by Gasteiger charge is 2.14. The lowest BCUT2D eigenvalue weighted by Crippen LogP contribution is -2.26. The molecule has 2 aromatic carbocycles. The van der Waals surface area contributed by atoms with E-state index in [1.165, 1.54) is 24.3 Å². The molecule has 0 bridgehead atoms. The van der Waals surface area contributed by atoms with E-state index >= 15 is 0 Å². The number of carbonyl (C=O) groups excluding carboxylic acids is 1. The number of halogens is 1. The van der Waals surface area contributed by atoms with Crippen molar-refractivity contribution < 1.29 is 17.9 Å². The van der Waals surface area contributed by atoms with Crippen LogP contribution in [0.2, 0.25) is 5.02 Å². The van der Waals surface area contributed by atoms with Crippen LogP contribution in [-0.2, 0) is 21.3 Å². The fourth-order valence-electron chi connectivity index (χ4n) is 2.17. The molecule has 0 radical (unpaired) electrons. The van der Waals surface area contributed by atoms with E-state index in [9.17, 15) is 13.2 Å². The average molecular weight is 397 g/mol. The SMILES string of the molecule is COCCCNC(=O)c1ccc(S(=O)(=O)NCc2ccc(Cl)cc2)cc1. The van der Waals surface area contributed by atoms with Gasteiger partial charge in [-0.15, -0.1) is 0 Å². The van der Waals surface area contributed by atoms with Crippen LogP contribution in [0.15, 0.2) is 53.4 Å². The first kappa shape index (κ1) is 20.4. The Morgan fingerprint density at radius 3 is 2.35 bits per heavy atom. The van der Waals surface area contributed by atoms with Gasteiger partial charge in [0, 0.05) is 37.4 Å². The predicted octanol–water partition coefficient (Wildman–Crippen LogP) is 2.58. The maximum absolute atomic E-state index is 12.3. The van der Waals surface area contributed by atoms with Gasteiger partial charge in [-0.1, -0.05) is 23.7 Å². The maximum Gasteiger partial charge on any atom is 0.251 e. The Hall–Kier alpha value is -1.93. The molecule has 140 valence electrons. The number of rotatable bonds is 9. The summed E-state index contributed by atoms with van der Waals surface area (Å²) in [5.41, 5.74) is 1.20. The van der Waals surface area contributed by atoms with Gasteiger partial charge in [-0.25, -0.2) is 13.1 Å². The number of sulfonamides is 1. The molecule has 0 aliphatic carbocycles. The molecule has 0 saturated carbocycles. The molecule has 0 unspecified atom stereocenters. The number of amides is 1. The third kappa shape index (κ3) is 6.10. The minimum absolute atomic E-state index is 0.0994. The highest BCUT2D eigenvalue weighted by molar-refractivity contribution is 7.89. The first-order valence-electron chi connectivity index (χ1n) is 8.04. The van der Waals surface area contributed by atoms with E-state index in [1.54, 1.807) is 31.4 Å². The second-order valence-corrected chi connectivity index (χ2v) is 7.78. The molecule has 0 spiro atoms. The third-order valence-electron chi connectivity index (χ3n) is 3.62. The number of hydrogen-bond acceptors (Lipinski definition) is 4. The summed E-state index contributed by atoms with van der Waals surface area (Å²) >= 11 is 5.81. The third-order valence-corrected chi connectivity index (χ3v) is 5.29. The van der Waals surface area contributed by atoms with Crippen LogP contribution in [-0.4, -0.2) is 34.6 Å². The van der Waals surface area contributed by atoms with E-state index in [4.69, 9.17) is 16.3 Å². The van der Waals surface area contributed by atoms with Gasteiger partial charge in [-0.05, 0) is 48.4 Å². The minimum atomic E-state index is -3.67. The van der Waals surface area contributed by atoms with Crippen molar-refractivity contribution in [1.82, 2.24) is 10.0 Å². The summed E-state index contributed by atoms with van der Waals surface area (Å²) in [7, 11) is -2.07. The monoisotopic (exact) mass is 396 g/mol. The Bertz CT molecular complexity index is 821. The summed E-state index contributed by atoms with van der Waals surface area (Å²) in [5.74, 6) is -0.251. The van der Waals surface area contributed by atoms with Crippen molar-refractivity contribution in [3.63, 3.8) is 0 Å². The summed E-state index contributed by atoms with van der Waals surface area (Å²) in [6, 6.07) is 12.7. The van der Waals surface area contributed by atoms with Crippen molar-refractivity contribution in [1.29, 1.82) is 0 Å². The van der Waals surface area contributed by atoms with Crippen LogP contribution in [0, 0.1) is 0 Å². The summed E-state index contributed by atoms with van der Waals surface area (Å²) in [6.45, 7) is 1.22.